The van der Waals surface area contributed by atoms with Crippen LogP contribution in [0.1, 0.15) is 42.9 Å². The van der Waals surface area contributed by atoms with Crippen molar-refractivity contribution in [2.75, 3.05) is 26.2 Å². The Morgan fingerprint density at radius 3 is 2.26 bits per heavy atom. The van der Waals surface area contributed by atoms with E-state index >= 15 is 0 Å². The van der Waals surface area contributed by atoms with E-state index in [0.29, 0.717) is 41.9 Å². The Bertz CT molecular complexity index is 885. The number of aromatic amines is 1. The van der Waals surface area contributed by atoms with Crippen LogP contribution >= 0.6 is 23.2 Å². The van der Waals surface area contributed by atoms with Gasteiger partial charge in [0.05, 0.1) is 6.33 Å². The number of amides is 2. The summed E-state index contributed by atoms with van der Waals surface area (Å²) in [6, 6.07) is 5.08. The summed E-state index contributed by atoms with van der Waals surface area (Å²) in [6.45, 7) is 2.70. The largest absolute Gasteiger partial charge is 0.445 e. The first-order chi connectivity index (χ1) is 15.0. The maximum absolute atomic E-state index is 12.9. The first-order valence-corrected chi connectivity index (χ1v) is 11.4. The summed E-state index contributed by atoms with van der Waals surface area (Å²) >= 11 is 12.0. The van der Waals surface area contributed by atoms with Crippen molar-refractivity contribution in [2.24, 2.45) is 5.92 Å². The van der Waals surface area contributed by atoms with Crippen LogP contribution < -0.4 is 0 Å². The number of halogens is 2. The molecule has 0 radical (unpaired) electrons. The van der Waals surface area contributed by atoms with Crippen molar-refractivity contribution in [2.45, 2.75) is 38.2 Å². The van der Waals surface area contributed by atoms with Crippen molar-refractivity contribution >= 4 is 35.2 Å². The molecular formula is C22H26Cl2N4O3. The Kier molecular flexibility index (Phi) is 7.02. The molecular weight excluding hydrogens is 439 g/mol. The van der Waals surface area contributed by atoms with E-state index in [0.717, 1.165) is 37.2 Å². The van der Waals surface area contributed by atoms with E-state index in [9.17, 15) is 9.59 Å². The number of likely N-dealkylation sites (tertiary alicyclic amines) is 2. The van der Waals surface area contributed by atoms with Gasteiger partial charge in [-0.2, -0.15) is 0 Å². The van der Waals surface area contributed by atoms with Crippen molar-refractivity contribution in [3.8, 4) is 0 Å². The molecule has 2 amide bonds. The quantitative estimate of drug-likeness (QED) is 0.723. The van der Waals surface area contributed by atoms with Crippen LogP contribution in [0.3, 0.4) is 0 Å². The lowest BCUT2D eigenvalue weighted by atomic mass is 9.91. The van der Waals surface area contributed by atoms with Crippen molar-refractivity contribution in [1.82, 2.24) is 19.8 Å². The number of ether oxygens (including phenoxy) is 1. The summed E-state index contributed by atoms with van der Waals surface area (Å²) in [4.78, 5) is 36.3. The number of rotatable bonds is 4. The monoisotopic (exact) mass is 464 g/mol. The molecule has 1 aromatic heterocycles. The van der Waals surface area contributed by atoms with Crippen molar-refractivity contribution in [1.29, 1.82) is 0 Å². The zero-order valence-electron chi connectivity index (χ0n) is 17.2. The standard InChI is InChI=1S/C22H26Cl2N4O3/c23-18-9-15(10-19(24)11-18)13-31-22(30)28-7-3-17(4-8-28)21(29)27-5-1-16(2-6-27)20-12-25-14-26-20/h9-12,14,16-17H,1-8,13H2,(H,25,26). The lowest BCUT2D eigenvalue weighted by Crippen LogP contribution is -2.46. The van der Waals surface area contributed by atoms with Gasteiger partial charge < -0.3 is 19.5 Å². The van der Waals surface area contributed by atoms with Gasteiger partial charge in [-0.1, -0.05) is 23.2 Å². The second kappa shape index (κ2) is 9.92. The van der Waals surface area contributed by atoms with E-state index in [1.807, 2.05) is 11.1 Å². The molecule has 166 valence electrons. The molecule has 0 saturated carbocycles. The number of carbonyl (C=O) groups is 2. The van der Waals surface area contributed by atoms with Gasteiger partial charge in [0.15, 0.2) is 0 Å². The second-order valence-electron chi connectivity index (χ2n) is 8.20. The molecule has 1 aromatic carbocycles. The first kappa shape index (κ1) is 22.0. The Morgan fingerprint density at radius 1 is 1.00 bits per heavy atom. The molecule has 4 rings (SSSR count). The smallest absolute Gasteiger partial charge is 0.410 e. The van der Waals surface area contributed by atoms with Crippen molar-refractivity contribution in [3.05, 3.63) is 52.0 Å². The summed E-state index contributed by atoms with van der Waals surface area (Å²) in [5, 5.41) is 1.01. The van der Waals surface area contributed by atoms with Crippen LogP contribution in [-0.4, -0.2) is 57.9 Å². The highest BCUT2D eigenvalue weighted by Gasteiger charge is 2.33. The highest BCUT2D eigenvalue weighted by atomic mass is 35.5. The first-order valence-electron chi connectivity index (χ1n) is 10.6. The summed E-state index contributed by atoms with van der Waals surface area (Å²) in [5.74, 6) is 0.627. The molecule has 3 heterocycles. The minimum Gasteiger partial charge on any atom is -0.445 e. The summed E-state index contributed by atoms with van der Waals surface area (Å²) in [6.07, 6.45) is 6.43. The van der Waals surface area contributed by atoms with Gasteiger partial charge in [0.1, 0.15) is 6.61 Å². The van der Waals surface area contributed by atoms with Gasteiger partial charge in [-0.05, 0) is 49.4 Å². The van der Waals surface area contributed by atoms with Gasteiger partial charge in [0.25, 0.3) is 0 Å². The molecule has 0 aliphatic carbocycles. The number of carbonyl (C=O) groups excluding carboxylic acids is 2. The average molecular weight is 465 g/mol. The van der Waals surface area contributed by atoms with Gasteiger partial charge in [-0.3, -0.25) is 4.79 Å². The topological polar surface area (TPSA) is 78.5 Å². The molecule has 0 atom stereocenters. The van der Waals surface area contributed by atoms with Crippen LogP contribution in [0.15, 0.2) is 30.7 Å². The molecule has 9 heteroatoms. The van der Waals surface area contributed by atoms with Crippen LogP contribution in [0.2, 0.25) is 10.0 Å². The van der Waals surface area contributed by atoms with Crippen LogP contribution in [-0.2, 0) is 16.1 Å². The molecule has 1 N–H and O–H groups in total. The molecule has 0 spiro atoms. The highest BCUT2D eigenvalue weighted by molar-refractivity contribution is 6.34. The van der Waals surface area contributed by atoms with Crippen LogP contribution in [0.4, 0.5) is 4.79 Å². The SMILES string of the molecule is O=C(OCc1cc(Cl)cc(Cl)c1)N1CCC(C(=O)N2CCC(c3cnc[nH]3)CC2)CC1. The Hall–Kier alpha value is -2.25. The third-order valence-corrected chi connectivity index (χ3v) is 6.59. The number of nitrogens with one attached hydrogen (secondary N) is 1. The predicted octanol–water partition coefficient (Wildman–Crippen LogP) is 4.47. The molecule has 2 saturated heterocycles. The molecule has 7 nitrogen and oxygen atoms in total. The predicted molar refractivity (Wildman–Crippen MR) is 118 cm³/mol. The number of aromatic nitrogens is 2. The third-order valence-electron chi connectivity index (χ3n) is 6.15. The van der Waals surface area contributed by atoms with Crippen LogP contribution in [0, 0.1) is 5.92 Å². The Balaban J connectivity index is 1.21. The van der Waals surface area contributed by atoms with Gasteiger partial charge in [-0.25, -0.2) is 9.78 Å². The van der Waals surface area contributed by atoms with Crippen LogP contribution in [0.5, 0.6) is 0 Å². The van der Waals surface area contributed by atoms with E-state index in [1.165, 1.54) is 0 Å². The van der Waals surface area contributed by atoms with E-state index in [4.69, 9.17) is 27.9 Å². The molecule has 2 aliphatic heterocycles. The Labute approximate surface area is 191 Å². The number of hydrogen-bond donors (Lipinski definition) is 1. The fourth-order valence-electron chi connectivity index (χ4n) is 4.40. The molecule has 0 unspecified atom stereocenters. The lowest BCUT2D eigenvalue weighted by molar-refractivity contribution is -0.138. The number of hydrogen-bond acceptors (Lipinski definition) is 4. The Morgan fingerprint density at radius 2 is 1.65 bits per heavy atom. The fraction of sp³-hybridized carbons (Fsp3) is 0.500. The van der Waals surface area contributed by atoms with Gasteiger partial charge >= 0.3 is 6.09 Å². The molecule has 2 aliphatic rings. The summed E-state index contributed by atoms with van der Waals surface area (Å²) in [5.41, 5.74) is 1.90. The number of benzene rings is 1. The fourth-order valence-corrected chi connectivity index (χ4v) is 4.97. The highest BCUT2D eigenvalue weighted by Crippen LogP contribution is 2.29. The van der Waals surface area contributed by atoms with Gasteiger partial charge in [0.2, 0.25) is 5.91 Å². The minimum atomic E-state index is -0.373. The second-order valence-corrected chi connectivity index (χ2v) is 9.07. The molecule has 0 bridgehead atoms. The maximum Gasteiger partial charge on any atom is 0.410 e. The van der Waals surface area contributed by atoms with E-state index in [-0.39, 0.29) is 24.5 Å². The van der Waals surface area contributed by atoms with E-state index in [2.05, 4.69) is 9.97 Å². The summed E-state index contributed by atoms with van der Waals surface area (Å²) in [7, 11) is 0. The third kappa shape index (κ3) is 5.52. The average Bonchev–Trinajstić information content (AvgIpc) is 3.32. The molecule has 2 fully saturated rings. The number of nitrogens with zero attached hydrogens (tertiary/aromatic N) is 3. The van der Waals surface area contributed by atoms with E-state index in [1.54, 1.807) is 29.4 Å². The maximum atomic E-state index is 12.9. The lowest BCUT2D eigenvalue weighted by Gasteiger charge is -2.36. The summed E-state index contributed by atoms with van der Waals surface area (Å²) < 4.78 is 5.40. The molecule has 31 heavy (non-hydrogen) atoms. The van der Waals surface area contributed by atoms with Gasteiger partial charge in [0, 0.05) is 60.0 Å². The van der Waals surface area contributed by atoms with E-state index < -0.39 is 0 Å². The van der Waals surface area contributed by atoms with Crippen LogP contribution in [0.25, 0.3) is 0 Å². The minimum absolute atomic E-state index is 0.0282. The zero-order valence-corrected chi connectivity index (χ0v) is 18.7. The number of imidazole rings is 1. The normalized spacial score (nSPS) is 18.3. The molecule has 2 aromatic rings. The zero-order chi connectivity index (χ0) is 21.8. The van der Waals surface area contributed by atoms with Crippen molar-refractivity contribution in [3.63, 3.8) is 0 Å². The number of piperidine rings is 2. The number of H-pyrrole nitrogens is 1. The van der Waals surface area contributed by atoms with Gasteiger partial charge in [-0.15, -0.1) is 0 Å². The van der Waals surface area contributed by atoms with Crippen molar-refractivity contribution < 1.29 is 14.3 Å².